The number of ketones is 1. The number of benzene rings is 1. The maximum Gasteiger partial charge on any atom is 0.410 e. The fraction of sp³-hybridized carbons (Fsp3) is 0.636. The molecule has 2 saturated heterocycles. The van der Waals surface area contributed by atoms with Crippen molar-refractivity contribution in [1.82, 2.24) is 4.90 Å². The molecule has 27 heavy (non-hydrogen) atoms. The van der Waals surface area contributed by atoms with Gasteiger partial charge in [-0.1, -0.05) is 11.6 Å². The molecule has 1 aromatic rings. The summed E-state index contributed by atoms with van der Waals surface area (Å²) >= 11 is 0. The van der Waals surface area contributed by atoms with E-state index in [1.165, 1.54) is 0 Å². The second-order valence-electron chi connectivity index (χ2n) is 8.86. The van der Waals surface area contributed by atoms with Crippen LogP contribution >= 0.6 is 0 Å². The van der Waals surface area contributed by atoms with Gasteiger partial charge in [-0.05, 0) is 71.9 Å². The number of aryl methyl sites for hydroxylation is 1. The lowest BCUT2D eigenvalue weighted by Crippen LogP contribution is -2.56. The maximum absolute atomic E-state index is 13.3. The first-order valence-electron chi connectivity index (χ1n) is 9.90. The molecule has 5 nitrogen and oxygen atoms in total. The van der Waals surface area contributed by atoms with E-state index in [0.29, 0.717) is 24.2 Å². The van der Waals surface area contributed by atoms with Crippen molar-refractivity contribution in [2.75, 3.05) is 7.11 Å². The van der Waals surface area contributed by atoms with E-state index in [2.05, 4.69) is 0 Å². The van der Waals surface area contributed by atoms with E-state index in [9.17, 15) is 9.59 Å². The van der Waals surface area contributed by atoms with Gasteiger partial charge in [0.05, 0.1) is 12.7 Å². The number of ether oxygens (including phenoxy) is 2. The lowest BCUT2D eigenvalue weighted by molar-refractivity contribution is -0.0261. The molecular weight excluding hydrogens is 342 g/mol. The maximum atomic E-state index is 13.3. The zero-order chi connectivity index (χ0) is 19.8. The van der Waals surface area contributed by atoms with Crippen LogP contribution in [0.4, 0.5) is 4.79 Å². The van der Waals surface area contributed by atoms with Crippen LogP contribution in [-0.2, 0) is 4.74 Å². The molecule has 0 spiro atoms. The number of carbonyl (C=O) groups is 2. The number of nitrogens with zero attached hydrogens (tertiary/aromatic N) is 1. The van der Waals surface area contributed by atoms with Crippen LogP contribution in [0.25, 0.3) is 0 Å². The van der Waals surface area contributed by atoms with Gasteiger partial charge in [-0.15, -0.1) is 0 Å². The van der Waals surface area contributed by atoms with Crippen molar-refractivity contribution in [3.8, 4) is 5.75 Å². The molecule has 1 amide bonds. The van der Waals surface area contributed by atoms with Crippen LogP contribution in [0.15, 0.2) is 18.2 Å². The molecule has 2 fully saturated rings. The lowest BCUT2D eigenvalue weighted by Gasteiger charge is -2.48. The molecule has 2 aliphatic heterocycles. The molecular formula is C22H31NO4. The standard InChI is InChI=1S/C22H31NO4/c1-14-9-10-19(26-5)18(11-14)20(24)15-12-16-7-6-8-17(13-15)23(16)21(25)27-22(2,3)4/h9-11,15-17H,6-8,12-13H2,1-5H3. The number of methoxy groups -OCH3 is 1. The molecule has 0 N–H and O–H groups in total. The summed E-state index contributed by atoms with van der Waals surface area (Å²) in [5.41, 5.74) is 1.20. The number of piperidine rings is 2. The SMILES string of the molecule is COc1ccc(C)cc1C(=O)C1CC2CCCC(C1)N2C(=O)OC(C)(C)C. The zero-order valence-electron chi connectivity index (χ0n) is 17.1. The second-order valence-corrected chi connectivity index (χ2v) is 8.86. The van der Waals surface area contributed by atoms with Crippen molar-refractivity contribution in [1.29, 1.82) is 0 Å². The molecule has 2 atom stereocenters. The van der Waals surface area contributed by atoms with E-state index in [1.54, 1.807) is 7.11 Å². The number of amides is 1. The van der Waals surface area contributed by atoms with Gasteiger partial charge in [0.25, 0.3) is 0 Å². The Labute approximate surface area is 162 Å². The minimum atomic E-state index is -0.507. The normalized spacial score (nSPS) is 25.1. The Kier molecular flexibility index (Phi) is 5.50. The van der Waals surface area contributed by atoms with Crippen molar-refractivity contribution in [3.05, 3.63) is 29.3 Å². The molecule has 0 aromatic heterocycles. The van der Waals surface area contributed by atoms with Gasteiger partial charge in [-0.2, -0.15) is 0 Å². The van der Waals surface area contributed by atoms with Crippen molar-refractivity contribution in [2.45, 2.75) is 77.5 Å². The van der Waals surface area contributed by atoms with Gasteiger partial charge in [0.15, 0.2) is 5.78 Å². The third-order valence-corrected chi connectivity index (χ3v) is 5.57. The molecule has 148 valence electrons. The van der Waals surface area contributed by atoms with Gasteiger partial charge in [-0.25, -0.2) is 4.79 Å². The van der Waals surface area contributed by atoms with Gasteiger partial charge in [0, 0.05) is 18.0 Å². The average Bonchev–Trinajstić information content (AvgIpc) is 2.58. The highest BCUT2D eigenvalue weighted by Gasteiger charge is 2.44. The predicted octanol–water partition coefficient (Wildman–Crippen LogP) is 4.75. The van der Waals surface area contributed by atoms with Crippen molar-refractivity contribution in [3.63, 3.8) is 0 Å². The first kappa shape index (κ1) is 19.7. The molecule has 5 heteroatoms. The third-order valence-electron chi connectivity index (χ3n) is 5.57. The molecule has 2 unspecified atom stereocenters. The van der Waals surface area contributed by atoms with Crippen molar-refractivity contribution < 1.29 is 19.1 Å². The van der Waals surface area contributed by atoms with Gasteiger partial charge in [0.2, 0.25) is 0 Å². The summed E-state index contributed by atoms with van der Waals surface area (Å²) in [7, 11) is 1.60. The van der Waals surface area contributed by atoms with Crippen molar-refractivity contribution >= 4 is 11.9 Å². The summed E-state index contributed by atoms with van der Waals surface area (Å²) in [6, 6.07) is 5.89. The van der Waals surface area contributed by atoms with E-state index in [-0.39, 0.29) is 29.9 Å². The summed E-state index contributed by atoms with van der Waals surface area (Å²) in [5.74, 6) is 0.691. The number of carbonyl (C=O) groups excluding carboxylic acids is 2. The smallest absolute Gasteiger partial charge is 0.410 e. The van der Waals surface area contributed by atoms with Crippen molar-refractivity contribution in [2.24, 2.45) is 5.92 Å². The fourth-order valence-electron chi connectivity index (χ4n) is 4.44. The quantitative estimate of drug-likeness (QED) is 0.717. The molecule has 2 heterocycles. The van der Waals surface area contributed by atoms with Crippen LogP contribution in [0.2, 0.25) is 0 Å². The number of fused-ring (bicyclic) bond motifs is 2. The average molecular weight is 373 g/mol. The Bertz CT molecular complexity index is 708. The molecule has 0 saturated carbocycles. The Balaban J connectivity index is 1.79. The topological polar surface area (TPSA) is 55.8 Å². The van der Waals surface area contributed by atoms with Gasteiger partial charge < -0.3 is 14.4 Å². The molecule has 3 rings (SSSR count). The van der Waals surface area contributed by atoms with Crippen LogP contribution in [-0.4, -0.2) is 41.6 Å². The minimum absolute atomic E-state index is 0.0744. The zero-order valence-corrected chi connectivity index (χ0v) is 17.1. The minimum Gasteiger partial charge on any atom is -0.496 e. The summed E-state index contributed by atoms with van der Waals surface area (Å²) < 4.78 is 11.0. The summed E-state index contributed by atoms with van der Waals surface area (Å²) in [4.78, 5) is 27.9. The molecule has 2 bridgehead atoms. The summed E-state index contributed by atoms with van der Waals surface area (Å²) in [6.45, 7) is 7.65. The number of hydrogen-bond acceptors (Lipinski definition) is 4. The molecule has 0 radical (unpaired) electrons. The summed E-state index contributed by atoms with van der Waals surface area (Å²) in [5, 5.41) is 0. The highest BCUT2D eigenvalue weighted by atomic mass is 16.6. The third kappa shape index (κ3) is 4.28. The van der Waals surface area contributed by atoms with Gasteiger partial charge >= 0.3 is 6.09 Å². The second kappa shape index (κ2) is 7.53. The van der Waals surface area contributed by atoms with Crippen LogP contribution < -0.4 is 4.74 Å². The summed E-state index contributed by atoms with van der Waals surface area (Å²) in [6.07, 6.45) is 4.13. The van der Waals surface area contributed by atoms with Crippen LogP contribution in [0.3, 0.4) is 0 Å². The van der Waals surface area contributed by atoms with Crippen LogP contribution in [0.1, 0.15) is 68.8 Å². The highest BCUT2D eigenvalue weighted by molar-refractivity contribution is 6.00. The van der Waals surface area contributed by atoms with E-state index in [1.807, 2.05) is 50.8 Å². The molecule has 1 aromatic carbocycles. The largest absolute Gasteiger partial charge is 0.496 e. The Morgan fingerprint density at radius 3 is 2.30 bits per heavy atom. The molecule has 0 aliphatic carbocycles. The van der Waals surface area contributed by atoms with E-state index in [0.717, 1.165) is 24.8 Å². The van der Waals surface area contributed by atoms with Crippen LogP contribution in [0, 0.1) is 12.8 Å². The van der Waals surface area contributed by atoms with Gasteiger partial charge in [-0.3, -0.25) is 4.79 Å². The van der Waals surface area contributed by atoms with E-state index < -0.39 is 5.60 Å². The number of hydrogen-bond donors (Lipinski definition) is 0. The first-order chi connectivity index (χ1) is 12.7. The number of rotatable bonds is 3. The Hall–Kier alpha value is -2.04. The fourth-order valence-corrected chi connectivity index (χ4v) is 4.44. The Morgan fingerprint density at radius 1 is 1.11 bits per heavy atom. The first-order valence-corrected chi connectivity index (χ1v) is 9.90. The predicted molar refractivity (Wildman–Crippen MR) is 104 cm³/mol. The van der Waals surface area contributed by atoms with E-state index in [4.69, 9.17) is 9.47 Å². The van der Waals surface area contributed by atoms with Gasteiger partial charge in [0.1, 0.15) is 11.4 Å². The van der Waals surface area contributed by atoms with E-state index >= 15 is 0 Å². The Morgan fingerprint density at radius 2 is 1.74 bits per heavy atom. The monoisotopic (exact) mass is 373 g/mol. The highest BCUT2D eigenvalue weighted by Crippen LogP contribution is 2.40. The lowest BCUT2D eigenvalue weighted by atomic mass is 9.75. The van der Waals surface area contributed by atoms with Crippen LogP contribution in [0.5, 0.6) is 5.75 Å². The molecule has 2 aliphatic rings. The number of Topliss-reactive ketones (excluding diaryl/α,β-unsaturated/α-hetero) is 1.